The summed E-state index contributed by atoms with van der Waals surface area (Å²) in [6.07, 6.45) is 3.69. The Morgan fingerprint density at radius 2 is 2.00 bits per heavy atom. The molecule has 3 aromatic rings. The molecule has 0 saturated heterocycles. The van der Waals surface area contributed by atoms with Crippen molar-refractivity contribution in [2.75, 3.05) is 7.05 Å². The third-order valence-corrected chi connectivity index (χ3v) is 4.26. The maximum atomic E-state index is 8.87. The Morgan fingerprint density at radius 1 is 1.21 bits per heavy atom. The highest BCUT2D eigenvalue weighted by Crippen LogP contribution is 2.16. The first-order chi connectivity index (χ1) is 13.2. The molecule has 1 atom stereocenters. The minimum atomic E-state index is 0. The molecular weight excluding hydrogens is 463 g/mol. The topological polar surface area (TPSA) is 78.0 Å². The van der Waals surface area contributed by atoms with Gasteiger partial charge in [-0.05, 0) is 48.4 Å². The Bertz CT molecular complexity index is 942. The van der Waals surface area contributed by atoms with Gasteiger partial charge in [-0.15, -0.1) is 24.0 Å². The second-order valence-corrected chi connectivity index (χ2v) is 6.15. The van der Waals surface area contributed by atoms with Crippen LogP contribution in [0.2, 0.25) is 0 Å². The Kier molecular flexibility index (Phi) is 8.02. The summed E-state index contributed by atoms with van der Waals surface area (Å²) >= 11 is 0. The Balaban J connectivity index is 0.00000280. The summed E-state index contributed by atoms with van der Waals surface area (Å²) in [5, 5.41) is 19.9. The van der Waals surface area contributed by atoms with Crippen molar-refractivity contribution in [1.82, 2.24) is 20.4 Å². The highest BCUT2D eigenvalue weighted by molar-refractivity contribution is 14.0. The van der Waals surface area contributed by atoms with Gasteiger partial charge in [-0.1, -0.05) is 24.3 Å². The monoisotopic (exact) mass is 486 g/mol. The fourth-order valence-corrected chi connectivity index (χ4v) is 2.72. The molecule has 28 heavy (non-hydrogen) atoms. The average molecular weight is 486 g/mol. The zero-order valence-electron chi connectivity index (χ0n) is 15.8. The van der Waals surface area contributed by atoms with E-state index < -0.39 is 0 Å². The smallest absolute Gasteiger partial charge is 0.191 e. The molecule has 0 spiro atoms. The minimum Gasteiger partial charge on any atom is -0.352 e. The first kappa shape index (κ1) is 21.4. The van der Waals surface area contributed by atoms with Crippen molar-refractivity contribution in [2.45, 2.75) is 19.5 Å². The number of guanidine groups is 1. The number of aromatic nitrogens is 2. The van der Waals surface area contributed by atoms with Crippen LogP contribution in [0, 0.1) is 11.3 Å². The van der Waals surface area contributed by atoms with Gasteiger partial charge in [-0.3, -0.25) is 4.99 Å². The van der Waals surface area contributed by atoms with Gasteiger partial charge in [0.2, 0.25) is 0 Å². The van der Waals surface area contributed by atoms with Gasteiger partial charge in [0, 0.05) is 26.0 Å². The molecule has 2 N–H and O–H groups in total. The summed E-state index contributed by atoms with van der Waals surface area (Å²) < 4.78 is 1.84. The maximum absolute atomic E-state index is 8.87. The van der Waals surface area contributed by atoms with Gasteiger partial charge in [0.05, 0.1) is 23.4 Å². The summed E-state index contributed by atoms with van der Waals surface area (Å²) in [6.45, 7) is 2.72. The molecule has 0 amide bonds. The fraction of sp³-hybridized carbons (Fsp3) is 0.190. The largest absolute Gasteiger partial charge is 0.352 e. The predicted octanol–water partition coefficient (Wildman–Crippen LogP) is 3.79. The summed E-state index contributed by atoms with van der Waals surface area (Å²) in [6, 6.07) is 19.9. The molecule has 6 nitrogen and oxygen atoms in total. The van der Waals surface area contributed by atoms with E-state index in [4.69, 9.17) is 5.26 Å². The number of nitriles is 1. The molecule has 0 saturated carbocycles. The number of hydrogen-bond donors (Lipinski definition) is 2. The van der Waals surface area contributed by atoms with Crippen molar-refractivity contribution in [3.8, 4) is 11.8 Å². The number of benzene rings is 2. The molecule has 0 aliphatic carbocycles. The van der Waals surface area contributed by atoms with Crippen molar-refractivity contribution < 1.29 is 0 Å². The van der Waals surface area contributed by atoms with Gasteiger partial charge in [-0.2, -0.15) is 10.4 Å². The van der Waals surface area contributed by atoms with Crippen LogP contribution in [0.25, 0.3) is 5.69 Å². The van der Waals surface area contributed by atoms with Crippen molar-refractivity contribution in [1.29, 1.82) is 5.26 Å². The molecule has 0 aliphatic rings. The standard InChI is InChI=1S/C21H22N6.HI/c1-16(19-5-3-6-20(13-19)27-12-4-11-25-27)26-21(23-2)24-15-18-9-7-17(14-22)8-10-18;/h3-13,16H,15H2,1-2H3,(H2,23,24,26);1H. The lowest BCUT2D eigenvalue weighted by molar-refractivity contribution is 0.684. The second kappa shape index (κ2) is 10.5. The first-order valence-electron chi connectivity index (χ1n) is 8.76. The molecule has 1 heterocycles. The van der Waals surface area contributed by atoms with Crippen LogP contribution in [0.1, 0.15) is 29.7 Å². The molecule has 0 radical (unpaired) electrons. The van der Waals surface area contributed by atoms with E-state index in [1.165, 1.54) is 0 Å². The highest BCUT2D eigenvalue weighted by Gasteiger charge is 2.09. The molecule has 1 unspecified atom stereocenters. The number of halogens is 1. The first-order valence-corrected chi connectivity index (χ1v) is 8.76. The number of rotatable bonds is 5. The Morgan fingerprint density at radius 3 is 2.64 bits per heavy atom. The maximum Gasteiger partial charge on any atom is 0.191 e. The number of nitrogens with zero attached hydrogens (tertiary/aromatic N) is 4. The minimum absolute atomic E-state index is 0. The zero-order valence-corrected chi connectivity index (χ0v) is 18.2. The van der Waals surface area contributed by atoms with Crippen LogP contribution in [0.15, 0.2) is 72.0 Å². The molecule has 3 rings (SSSR count). The van der Waals surface area contributed by atoms with Gasteiger partial charge in [0.15, 0.2) is 5.96 Å². The van der Waals surface area contributed by atoms with E-state index >= 15 is 0 Å². The van der Waals surface area contributed by atoms with Crippen LogP contribution in [-0.2, 0) is 6.54 Å². The summed E-state index contributed by atoms with van der Waals surface area (Å²) in [4.78, 5) is 4.30. The number of nitrogens with one attached hydrogen (secondary N) is 2. The van der Waals surface area contributed by atoms with Gasteiger partial charge < -0.3 is 10.6 Å². The predicted molar refractivity (Wildman–Crippen MR) is 122 cm³/mol. The number of hydrogen-bond acceptors (Lipinski definition) is 3. The van der Waals surface area contributed by atoms with E-state index in [0.717, 1.165) is 22.8 Å². The molecule has 144 valence electrons. The molecule has 7 heteroatoms. The molecule has 2 aromatic carbocycles. The van der Waals surface area contributed by atoms with Crippen molar-refractivity contribution in [2.24, 2.45) is 4.99 Å². The Hall–Kier alpha value is -2.86. The summed E-state index contributed by atoms with van der Waals surface area (Å²) in [5.41, 5.74) is 3.91. The van der Waals surface area contributed by atoms with Crippen molar-refractivity contribution in [3.05, 3.63) is 83.7 Å². The highest BCUT2D eigenvalue weighted by atomic mass is 127. The van der Waals surface area contributed by atoms with Crippen molar-refractivity contribution >= 4 is 29.9 Å². The van der Waals surface area contributed by atoms with Crippen LogP contribution in [0.5, 0.6) is 0 Å². The average Bonchev–Trinajstić information content (AvgIpc) is 3.26. The molecular formula is C21H23IN6. The van der Waals surface area contributed by atoms with Crippen molar-refractivity contribution in [3.63, 3.8) is 0 Å². The fourth-order valence-electron chi connectivity index (χ4n) is 2.72. The lowest BCUT2D eigenvalue weighted by Gasteiger charge is -2.19. The quantitative estimate of drug-likeness (QED) is 0.327. The SMILES string of the molecule is CN=C(NCc1ccc(C#N)cc1)NC(C)c1cccc(-n2cccn2)c1.I. The van der Waals surface area contributed by atoms with Crippen LogP contribution in [-0.4, -0.2) is 22.8 Å². The third kappa shape index (κ3) is 5.57. The summed E-state index contributed by atoms with van der Waals surface area (Å²) in [7, 11) is 1.75. The van der Waals surface area contributed by atoms with E-state index in [2.05, 4.69) is 45.9 Å². The summed E-state index contributed by atoms with van der Waals surface area (Å²) in [5.74, 6) is 0.719. The van der Waals surface area contributed by atoms with Gasteiger partial charge in [-0.25, -0.2) is 4.68 Å². The van der Waals surface area contributed by atoms with Crippen LogP contribution < -0.4 is 10.6 Å². The molecule has 0 aliphatic heterocycles. The van der Waals surface area contributed by atoms with E-state index in [1.54, 1.807) is 13.2 Å². The second-order valence-electron chi connectivity index (χ2n) is 6.15. The third-order valence-electron chi connectivity index (χ3n) is 4.26. The molecule has 1 aromatic heterocycles. The zero-order chi connectivity index (χ0) is 19.1. The van der Waals surface area contributed by atoms with Gasteiger partial charge >= 0.3 is 0 Å². The van der Waals surface area contributed by atoms with Crippen LogP contribution in [0.3, 0.4) is 0 Å². The van der Waals surface area contributed by atoms with E-state index in [9.17, 15) is 0 Å². The van der Waals surface area contributed by atoms with Gasteiger partial charge in [0.1, 0.15) is 0 Å². The van der Waals surface area contributed by atoms with Crippen LogP contribution in [0.4, 0.5) is 0 Å². The van der Waals surface area contributed by atoms with Crippen LogP contribution >= 0.6 is 24.0 Å². The number of aliphatic imine (C=N–C) groups is 1. The lowest BCUT2D eigenvalue weighted by atomic mass is 10.1. The normalized spacial score (nSPS) is 11.8. The lowest BCUT2D eigenvalue weighted by Crippen LogP contribution is -2.38. The van der Waals surface area contributed by atoms with E-state index in [0.29, 0.717) is 12.1 Å². The molecule has 0 fully saturated rings. The van der Waals surface area contributed by atoms with Gasteiger partial charge in [0.25, 0.3) is 0 Å². The van der Waals surface area contributed by atoms with E-state index in [-0.39, 0.29) is 30.0 Å². The Labute approximate surface area is 182 Å². The van der Waals surface area contributed by atoms with E-state index in [1.807, 2.05) is 53.3 Å². The molecule has 0 bridgehead atoms.